The lowest BCUT2D eigenvalue weighted by Gasteiger charge is -2.23. The van der Waals surface area contributed by atoms with Gasteiger partial charge in [-0.3, -0.25) is 0 Å². The molecule has 0 atom stereocenters. The van der Waals surface area contributed by atoms with Crippen molar-refractivity contribution in [2.45, 2.75) is 38.9 Å². The second kappa shape index (κ2) is 7.00. The van der Waals surface area contributed by atoms with E-state index in [1.54, 1.807) is 0 Å². The van der Waals surface area contributed by atoms with Crippen molar-refractivity contribution in [2.24, 2.45) is 0 Å². The van der Waals surface area contributed by atoms with Gasteiger partial charge in [0.1, 0.15) is 7.85 Å². The van der Waals surface area contributed by atoms with Gasteiger partial charge < -0.3 is 9.80 Å². The Hall–Kier alpha value is -0.435. The number of rotatable bonds is 7. The minimum Gasteiger partial charge on any atom is -0.378 e. The van der Waals surface area contributed by atoms with Crippen LogP contribution in [0.3, 0.4) is 0 Å². The van der Waals surface area contributed by atoms with Gasteiger partial charge in [0, 0.05) is 19.3 Å². The highest BCUT2D eigenvalue weighted by Crippen LogP contribution is 2.24. The second-order valence-corrected chi connectivity index (χ2v) is 6.19. The average molecular weight is 224 g/mol. The number of nitrogens with zero attached hydrogens (tertiary/aromatic N) is 2. The van der Waals surface area contributed by atoms with E-state index in [4.69, 9.17) is 0 Å². The van der Waals surface area contributed by atoms with Crippen LogP contribution in [0.1, 0.15) is 33.6 Å². The van der Waals surface area contributed by atoms with Gasteiger partial charge in [-0.2, -0.15) is 0 Å². The molecule has 0 saturated carbocycles. The predicted molar refractivity (Wildman–Crippen MR) is 76.8 cm³/mol. The van der Waals surface area contributed by atoms with Crippen LogP contribution in [-0.4, -0.2) is 51.9 Å². The normalized spacial score (nSPS) is 13.3. The lowest BCUT2D eigenvalue weighted by molar-refractivity contribution is 0.344. The van der Waals surface area contributed by atoms with Gasteiger partial charge in [0.2, 0.25) is 0 Å². The molecule has 0 aromatic rings. The van der Waals surface area contributed by atoms with E-state index in [9.17, 15) is 0 Å². The maximum absolute atomic E-state index is 2.36. The lowest BCUT2D eigenvalue weighted by atomic mass is 9.70. The van der Waals surface area contributed by atoms with Crippen molar-refractivity contribution in [3.63, 3.8) is 0 Å². The van der Waals surface area contributed by atoms with Crippen LogP contribution in [0, 0.1) is 0 Å². The third kappa shape index (κ3) is 8.84. The molecule has 0 aromatic heterocycles. The molecule has 16 heavy (non-hydrogen) atoms. The molecule has 0 aliphatic carbocycles. The minimum absolute atomic E-state index is 0.395. The highest BCUT2D eigenvalue weighted by Gasteiger charge is 2.08. The lowest BCUT2D eigenvalue weighted by Crippen LogP contribution is -2.22. The third-order valence-electron chi connectivity index (χ3n) is 2.71. The van der Waals surface area contributed by atoms with E-state index < -0.39 is 0 Å². The zero-order valence-electron chi connectivity index (χ0n) is 12.3. The van der Waals surface area contributed by atoms with Crippen molar-refractivity contribution in [3.05, 3.63) is 11.8 Å². The molecular formula is C13H29BN2. The summed E-state index contributed by atoms with van der Waals surface area (Å²) in [6.45, 7) is 9.08. The van der Waals surface area contributed by atoms with Crippen molar-refractivity contribution < 1.29 is 0 Å². The summed E-state index contributed by atoms with van der Waals surface area (Å²) in [6.07, 6.45) is 4.73. The largest absolute Gasteiger partial charge is 0.378 e. The topological polar surface area (TPSA) is 6.48 Å². The minimum atomic E-state index is 0.395. The Kier molecular flexibility index (Phi) is 6.81. The van der Waals surface area contributed by atoms with Gasteiger partial charge in [-0.1, -0.05) is 25.2 Å². The number of allylic oxidation sites excluding steroid dienone is 2. The van der Waals surface area contributed by atoms with Crippen LogP contribution < -0.4 is 0 Å². The van der Waals surface area contributed by atoms with Crippen molar-refractivity contribution in [1.29, 1.82) is 0 Å². The van der Waals surface area contributed by atoms with E-state index in [2.05, 4.69) is 65.6 Å². The summed E-state index contributed by atoms with van der Waals surface area (Å²) < 4.78 is 0. The van der Waals surface area contributed by atoms with Crippen LogP contribution in [0.2, 0.25) is 5.31 Å². The molecule has 0 spiro atoms. The molecule has 0 fully saturated rings. The summed E-state index contributed by atoms with van der Waals surface area (Å²) in [5, 5.41) is 0.395. The smallest absolute Gasteiger partial charge is 0.109 e. The van der Waals surface area contributed by atoms with E-state index in [0.717, 1.165) is 19.5 Å². The van der Waals surface area contributed by atoms with E-state index in [1.165, 1.54) is 12.1 Å². The average Bonchev–Trinajstić information content (AvgIpc) is 2.12. The Balaban J connectivity index is 3.93. The number of hydrogen-bond donors (Lipinski definition) is 0. The van der Waals surface area contributed by atoms with Crippen LogP contribution in [0.15, 0.2) is 11.8 Å². The zero-order valence-corrected chi connectivity index (χ0v) is 12.3. The molecule has 0 heterocycles. The van der Waals surface area contributed by atoms with Crippen LogP contribution >= 0.6 is 0 Å². The summed E-state index contributed by atoms with van der Waals surface area (Å²) in [4.78, 5) is 4.59. The number of hydrogen-bond acceptors (Lipinski definition) is 2. The first-order chi connectivity index (χ1) is 7.22. The van der Waals surface area contributed by atoms with Gasteiger partial charge in [0.25, 0.3) is 0 Å². The molecule has 0 aliphatic heterocycles. The van der Waals surface area contributed by atoms with Gasteiger partial charge in [-0.25, -0.2) is 0 Å². The maximum atomic E-state index is 2.36. The van der Waals surface area contributed by atoms with E-state index in [0.29, 0.717) is 5.31 Å². The van der Waals surface area contributed by atoms with Crippen LogP contribution in [0.5, 0.6) is 0 Å². The monoisotopic (exact) mass is 224 g/mol. The molecule has 0 bridgehead atoms. The van der Waals surface area contributed by atoms with Crippen molar-refractivity contribution in [2.75, 3.05) is 34.2 Å². The van der Waals surface area contributed by atoms with E-state index >= 15 is 0 Å². The van der Waals surface area contributed by atoms with Crippen molar-refractivity contribution in [1.82, 2.24) is 9.80 Å². The van der Waals surface area contributed by atoms with Gasteiger partial charge >= 0.3 is 0 Å². The Bertz CT molecular complexity index is 216. The fraction of sp³-hybridized carbons (Fsp3) is 0.846. The molecule has 0 aliphatic rings. The molecule has 0 saturated heterocycles. The molecule has 0 N–H and O–H groups in total. The highest BCUT2D eigenvalue weighted by molar-refractivity contribution is 6.14. The summed E-state index contributed by atoms with van der Waals surface area (Å²) >= 11 is 0. The van der Waals surface area contributed by atoms with Crippen LogP contribution in [0.4, 0.5) is 0 Å². The quantitative estimate of drug-likeness (QED) is 0.610. The Labute approximate surface area is 103 Å². The van der Waals surface area contributed by atoms with Gasteiger partial charge in [-0.05, 0) is 40.4 Å². The second-order valence-electron chi connectivity index (χ2n) is 6.19. The summed E-state index contributed by atoms with van der Waals surface area (Å²) in [5.41, 5.74) is 1.40. The van der Waals surface area contributed by atoms with Crippen molar-refractivity contribution in [3.8, 4) is 0 Å². The highest BCUT2D eigenvalue weighted by atomic mass is 15.1. The molecule has 2 nitrogen and oxygen atoms in total. The Morgan fingerprint density at radius 2 is 1.75 bits per heavy atom. The summed E-state index contributed by atoms with van der Waals surface area (Å²) in [7, 11) is 8.72. The Morgan fingerprint density at radius 1 is 1.19 bits per heavy atom. The standard InChI is InChI=1S/C13H29BN2/c1-12(8-9-13(2,3)14)16(6)11-7-10-15(4)5/h8H,7,9-11,14H2,1-6H3/b12-8+. The van der Waals surface area contributed by atoms with Crippen LogP contribution in [-0.2, 0) is 0 Å². The first kappa shape index (κ1) is 15.6. The Morgan fingerprint density at radius 3 is 2.19 bits per heavy atom. The first-order valence-corrected chi connectivity index (χ1v) is 6.25. The van der Waals surface area contributed by atoms with E-state index in [1.807, 2.05) is 0 Å². The van der Waals surface area contributed by atoms with E-state index in [-0.39, 0.29) is 0 Å². The first-order valence-electron chi connectivity index (χ1n) is 6.25. The summed E-state index contributed by atoms with van der Waals surface area (Å²) in [6, 6.07) is 0. The fourth-order valence-electron chi connectivity index (χ4n) is 1.41. The predicted octanol–water partition coefficient (Wildman–Crippen LogP) is 2.00. The third-order valence-corrected chi connectivity index (χ3v) is 2.71. The molecule has 0 rings (SSSR count). The molecular weight excluding hydrogens is 195 g/mol. The maximum Gasteiger partial charge on any atom is 0.109 e. The molecule has 0 aromatic carbocycles. The van der Waals surface area contributed by atoms with Crippen molar-refractivity contribution >= 4 is 7.85 Å². The van der Waals surface area contributed by atoms with Gasteiger partial charge in [-0.15, -0.1) is 0 Å². The fourth-order valence-corrected chi connectivity index (χ4v) is 1.41. The molecule has 0 unspecified atom stereocenters. The summed E-state index contributed by atoms with van der Waals surface area (Å²) in [5.74, 6) is 0. The van der Waals surface area contributed by atoms with Gasteiger partial charge in [0.15, 0.2) is 0 Å². The molecule has 0 amide bonds. The molecule has 3 heteroatoms. The van der Waals surface area contributed by atoms with Gasteiger partial charge in [0.05, 0.1) is 0 Å². The zero-order chi connectivity index (χ0) is 12.8. The molecule has 94 valence electrons. The van der Waals surface area contributed by atoms with Crippen LogP contribution in [0.25, 0.3) is 0 Å². The SMILES string of the molecule is BC(C)(C)C/C=C(\C)N(C)CCCN(C)C. The molecule has 0 radical (unpaired) electrons.